The van der Waals surface area contributed by atoms with Crippen LogP contribution in [0.4, 0.5) is 4.79 Å². The number of carbonyl (C=O) groups excluding carboxylic acids is 4. The fourth-order valence-corrected chi connectivity index (χ4v) is 8.78. The Morgan fingerprint density at radius 1 is 1.08 bits per heavy atom. The summed E-state index contributed by atoms with van der Waals surface area (Å²) >= 11 is 0. The van der Waals surface area contributed by atoms with Gasteiger partial charge in [-0.2, -0.15) is 4.98 Å². The van der Waals surface area contributed by atoms with Gasteiger partial charge in [0.1, 0.15) is 24.2 Å². The van der Waals surface area contributed by atoms with E-state index in [-0.39, 0.29) is 37.4 Å². The van der Waals surface area contributed by atoms with Crippen LogP contribution in [0.2, 0.25) is 0 Å². The van der Waals surface area contributed by atoms with E-state index in [1.807, 2.05) is 25.9 Å². The Balaban J connectivity index is 1.41. The first-order valence-corrected chi connectivity index (χ1v) is 20.6. The molecule has 18 nitrogen and oxygen atoms in total. The van der Waals surface area contributed by atoms with Gasteiger partial charge in [0, 0.05) is 55.9 Å². The maximum absolute atomic E-state index is 14.3. The zero-order chi connectivity index (χ0) is 43.4. The van der Waals surface area contributed by atoms with Gasteiger partial charge in [-0.05, 0) is 86.5 Å². The summed E-state index contributed by atoms with van der Waals surface area (Å²) in [6, 6.07) is 1.66. The fourth-order valence-electron chi connectivity index (χ4n) is 8.78. The van der Waals surface area contributed by atoms with Crippen LogP contribution in [-0.2, 0) is 44.5 Å². The number of hydrogen-bond donors (Lipinski definition) is 3. The number of aryl methyl sites for hydroxylation is 1. The van der Waals surface area contributed by atoms with E-state index in [1.165, 1.54) is 19.0 Å². The van der Waals surface area contributed by atoms with E-state index >= 15 is 0 Å². The number of nitrogens with zero attached hydrogens (tertiary/aromatic N) is 5. The van der Waals surface area contributed by atoms with Gasteiger partial charge in [0.15, 0.2) is 17.7 Å². The van der Waals surface area contributed by atoms with E-state index in [9.17, 15) is 24.3 Å². The van der Waals surface area contributed by atoms with Crippen molar-refractivity contribution in [2.45, 2.75) is 148 Å². The van der Waals surface area contributed by atoms with Crippen molar-refractivity contribution in [2.75, 3.05) is 27.7 Å². The Morgan fingerprint density at radius 3 is 2.42 bits per heavy atom. The van der Waals surface area contributed by atoms with Crippen LogP contribution in [0.3, 0.4) is 0 Å². The molecule has 2 aromatic heterocycles. The lowest BCUT2D eigenvalue weighted by molar-refractivity contribution is -0.295. The number of rotatable bonds is 11. The molecule has 3 fully saturated rings. The second-order valence-corrected chi connectivity index (χ2v) is 16.9. The Hall–Kier alpha value is -4.07. The van der Waals surface area contributed by atoms with Gasteiger partial charge in [0.2, 0.25) is 17.6 Å². The molecule has 0 aromatic carbocycles. The van der Waals surface area contributed by atoms with Crippen LogP contribution < -0.4 is 10.7 Å². The molecule has 13 atom stereocenters. The number of aliphatic hydroxyl groups is 1. The first-order valence-electron chi connectivity index (χ1n) is 20.6. The first kappa shape index (κ1) is 46.0. The quantitative estimate of drug-likeness (QED) is 0.169. The van der Waals surface area contributed by atoms with Crippen molar-refractivity contribution in [3.63, 3.8) is 0 Å². The van der Waals surface area contributed by atoms with Crippen LogP contribution in [-0.4, -0.2) is 142 Å². The van der Waals surface area contributed by atoms with Crippen molar-refractivity contribution >= 4 is 23.8 Å². The highest BCUT2D eigenvalue weighted by Crippen LogP contribution is 2.39. The molecule has 0 radical (unpaired) electrons. The van der Waals surface area contributed by atoms with Gasteiger partial charge in [-0.15, -0.1) is 0 Å². The maximum atomic E-state index is 14.3. The number of carbonyl (C=O) groups is 4. The predicted octanol–water partition coefficient (Wildman–Crippen LogP) is 3.07. The number of ether oxygens (including phenoxy) is 5. The summed E-state index contributed by atoms with van der Waals surface area (Å²) in [5.41, 5.74) is 1.17. The lowest BCUT2D eigenvalue weighted by Gasteiger charge is -2.46. The van der Waals surface area contributed by atoms with Crippen LogP contribution >= 0.6 is 0 Å². The number of fused-ring (bicyclic) bond motifs is 1. The number of likely N-dealkylation sites (N-methyl/N-ethyl adjacent to an activating group) is 1. The lowest BCUT2D eigenvalue weighted by atomic mass is 9.78. The average molecular weight is 830 g/mol. The molecule has 0 saturated carbocycles. The topological polar surface area (TPSA) is 217 Å². The summed E-state index contributed by atoms with van der Waals surface area (Å²) in [7, 11) is 5.19. The molecule has 5 heterocycles. The molecule has 3 saturated heterocycles. The largest absolute Gasteiger partial charge is 0.457 e. The fraction of sp³-hybridized carbons (Fsp3) is 0.732. The second kappa shape index (κ2) is 19.1. The monoisotopic (exact) mass is 829 g/mol. The van der Waals surface area contributed by atoms with E-state index in [1.54, 1.807) is 66.1 Å². The van der Waals surface area contributed by atoms with Gasteiger partial charge >= 0.3 is 12.1 Å². The van der Waals surface area contributed by atoms with Gasteiger partial charge in [-0.25, -0.2) is 15.2 Å². The van der Waals surface area contributed by atoms with Crippen LogP contribution in [0, 0.1) is 17.8 Å². The number of aromatic nitrogens is 3. The lowest BCUT2D eigenvalue weighted by Crippen LogP contribution is -2.63. The number of esters is 1. The van der Waals surface area contributed by atoms with Crippen molar-refractivity contribution < 1.29 is 52.5 Å². The van der Waals surface area contributed by atoms with Crippen molar-refractivity contribution in [3.05, 3.63) is 30.4 Å². The summed E-state index contributed by atoms with van der Waals surface area (Å²) in [4.78, 5) is 66.6. The number of methoxy groups -OCH3 is 1. The summed E-state index contributed by atoms with van der Waals surface area (Å²) in [6.45, 7) is 14.0. The molecule has 3 aliphatic rings. The summed E-state index contributed by atoms with van der Waals surface area (Å²) in [5.74, 6) is -3.78. The highest BCUT2D eigenvalue weighted by molar-refractivity contribution is 6.00. The maximum Gasteiger partial charge on any atom is 0.425 e. The minimum Gasteiger partial charge on any atom is -0.457 e. The average Bonchev–Trinajstić information content (AvgIpc) is 3.78. The molecule has 0 aliphatic carbocycles. The Morgan fingerprint density at radius 2 is 1.78 bits per heavy atom. The van der Waals surface area contributed by atoms with E-state index in [0.717, 1.165) is 5.56 Å². The molecular formula is C41H63N7O11. The minimum atomic E-state index is -1.47. The molecule has 59 heavy (non-hydrogen) atoms. The highest BCUT2D eigenvalue weighted by atomic mass is 16.7. The van der Waals surface area contributed by atoms with Crippen molar-refractivity contribution in [1.82, 2.24) is 35.8 Å². The van der Waals surface area contributed by atoms with Crippen molar-refractivity contribution in [3.8, 4) is 11.4 Å². The molecule has 3 N–H and O–H groups in total. The summed E-state index contributed by atoms with van der Waals surface area (Å²) < 4.78 is 36.4. The van der Waals surface area contributed by atoms with E-state index in [4.69, 9.17) is 28.2 Å². The number of ketones is 1. The van der Waals surface area contributed by atoms with E-state index in [0.29, 0.717) is 31.0 Å². The third-order valence-electron chi connectivity index (χ3n) is 12.2. The van der Waals surface area contributed by atoms with E-state index < -0.39 is 83.5 Å². The molecule has 5 rings (SSSR count). The number of Topliss-reactive ketones (excluding diaryl/α,β-unsaturated/α-hetero) is 1. The number of cyclic esters (lactones) is 1. The standard InChI is InChI=1S/C41H63N7O11/c1-12-29-41(8)33(48(39(53)58-41)43-17-13-14-30-45-35(46-59-30)27-15-18-42-19-16-27)26(6)44-36(51)22(2)21-40(7,54-11)34(24(4)31(49)25(5)37(52)56-29)57-38-32(50)28(47(9)10)20-23(3)55-38/h15-16,18-19,22-26,28-29,32-34,38,43,50H,12-14,17,20-21H2,1-11H3,(H,44,51)/t22-,23-,24-,25-,26?,28+,29+,32-,33-,34-,38+,40+,41-/m1/s1. The minimum absolute atomic E-state index is 0.0775. The number of amides is 2. The second-order valence-electron chi connectivity index (χ2n) is 16.9. The number of hydrogen-bond acceptors (Lipinski definition) is 16. The third kappa shape index (κ3) is 9.94. The molecule has 2 aromatic rings. The Bertz CT molecular complexity index is 1770. The Kier molecular flexibility index (Phi) is 14.9. The predicted molar refractivity (Wildman–Crippen MR) is 212 cm³/mol. The Labute approximate surface area is 346 Å². The summed E-state index contributed by atoms with van der Waals surface area (Å²) in [6.07, 6.45) is -0.252. The van der Waals surface area contributed by atoms with Gasteiger partial charge in [-0.3, -0.25) is 19.4 Å². The zero-order valence-corrected chi connectivity index (χ0v) is 36.2. The molecular weight excluding hydrogens is 766 g/mol. The van der Waals surface area contributed by atoms with Gasteiger partial charge in [0.05, 0.1) is 23.9 Å². The SMILES string of the molecule is CC[C@@H]1OC(=O)[C@H](C)C(=O)[C@@H](C)[C@@H](O[C@@H]2O[C@H](C)C[C@H](N(C)C)[C@H]2O)[C@@](C)(OC)C[C@@H](C)C(=O)NC(C)[C@H]2N(NCCCc3nc(-c4ccncc4)no3)C(=O)O[C@]12C. The molecule has 1 unspecified atom stereocenters. The molecule has 18 heteroatoms. The smallest absolute Gasteiger partial charge is 0.425 e. The first-order chi connectivity index (χ1) is 27.8. The van der Waals surface area contributed by atoms with Crippen LogP contribution in [0.15, 0.2) is 29.0 Å². The zero-order valence-electron chi connectivity index (χ0n) is 36.2. The molecule has 3 aliphatic heterocycles. The highest BCUT2D eigenvalue weighted by Gasteiger charge is 2.59. The van der Waals surface area contributed by atoms with Gasteiger partial charge < -0.3 is 43.5 Å². The van der Waals surface area contributed by atoms with Crippen LogP contribution in [0.25, 0.3) is 11.4 Å². The molecule has 2 amide bonds. The van der Waals surface area contributed by atoms with Crippen LogP contribution in [0.1, 0.15) is 87.0 Å². The number of hydrazine groups is 1. The van der Waals surface area contributed by atoms with Crippen molar-refractivity contribution in [1.29, 1.82) is 0 Å². The van der Waals surface area contributed by atoms with Gasteiger partial charge in [-0.1, -0.05) is 25.9 Å². The molecule has 0 bridgehead atoms. The van der Waals surface area contributed by atoms with E-state index in [2.05, 4.69) is 25.9 Å². The number of aliphatic hydroxyl groups excluding tert-OH is 1. The number of pyridine rings is 1. The normalized spacial score (nSPS) is 36.4. The van der Waals surface area contributed by atoms with Crippen molar-refractivity contribution in [2.24, 2.45) is 17.8 Å². The van der Waals surface area contributed by atoms with Crippen LogP contribution in [0.5, 0.6) is 0 Å². The third-order valence-corrected chi connectivity index (χ3v) is 12.2. The molecule has 0 spiro atoms. The number of nitrogens with one attached hydrogen (secondary N) is 2. The van der Waals surface area contributed by atoms with Gasteiger partial charge in [0.25, 0.3) is 0 Å². The summed E-state index contributed by atoms with van der Waals surface area (Å²) in [5, 5.41) is 19.9. The molecule has 328 valence electrons.